The monoisotopic (exact) mass is 464 g/mol. The van der Waals surface area contributed by atoms with Crippen molar-refractivity contribution < 1.29 is 34.8 Å². The van der Waals surface area contributed by atoms with E-state index in [2.05, 4.69) is 5.92 Å². The molecule has 4 rings (SSSR count). The second-order valence-corrected chi connectivity index (χ2v) is 10.6. The zero-order valence-corrected chi connectivity index (χ0v) is 19.8. The van der Waals surface area contributed by atoms with E-state index in [1.165, 1.54) is 12.1 Å². The summed E-state index contributed by atoms with van der Waals surface area (Å²) < 4.78 is 0. The fourth-order valence-corrected chi connectivity index (χ4v) is 6.87. The lowest BCUT2D eigenvalue weighted by molar-refractivity contribution is -0.171. The van der Waals surface area contributed by atoms with Gasteiger partial charge in [-0.05, 0) is 43.4 Å². The molecule has 7 heteroatoms. The summed E-state index contributed by atoms with van der Waals surface area (Å²) in [5.41, 5.74) is -5.10. The molecule has 0 heterocycles. The summed E-state index contributed by atoms with van der Waals surface area (Å²) in [6.45, 7) is 8.00. The van der Waals surface area contributed by atoms with Crippen molar-refractivity contribution in [2.24, 2.45) is 22.7 Å². The van der Waals surface area contributed by atoms with Gasteiger partial charge in [0.1, 0.15) is 22.8 Å². The zero-order chi connectivity index (χ0) is 25.5. The van der Waals surface area contributed by atoms with Gasteiger partial charge in [-0.3, -0.25) is 14.4 Å². The third-order valence-corrected chi connectivity index (χ3v) is 8.05. The maximum Gasteiger partial charge on any atom is 0.209 e. The molecule has 0 aliphatic heterocycles. The molecule has 0 fully saturated rings. The second kappa shape index (κ2) is 7.07. The number of carbonyl (C=O) groups excluding carboxylic acids is 3. The molecule has 3 aliphatic rings. The van der Waals surface area contributed by atoms with Crippen LogP contribution >= 0.6 is 0 Å². The van der Waals surface area contributed by atoms with Crippen molar-refractivity contribution in [1.82, 2.24) is 0 Å². The van der Waals surface area contributed by atoms with Crippen LogP contribution in [0.3, 0.4) is 0 Å². The SMILES string of the molecule is C#Cc1ccc(O)c2c1C[C@]1(C)C[C@]3(C)C(C(C)C)C(O)=C(C(C)=O)C(=O)[C@]3(O)C(O)=C1C2=O. The maximum absolute atomic E-state index is 13.7. The molecule has 7 nitrogen and oxygen atoms in total. The topological polar surface area (TPSA) is 132 Å². The van der Waals surface area contributed by atoms with Crippen LogP contribution < -0.4 is 0 Å². The third-order valence-electron chi connectivity index (χ3n) is 8.05. The van der Waals surface area contributed by atoms with Crippen LogP contribution in [0, 0.1) is 35.0 Å². The number of aliphatic hydroxyl groups excluding tert-OH is 2. The number of rotatable bonds is 2. The molecule has 0 saturated carbocycles. The van der Waals surface area contributed by atoms with Crippen LogP contribution in [-0.2, 0) is 16.0 Å². The summed E-state index contributed by atoms with van der Waals surface area (Å²) in [6.07, 6.45) is 5.84. The van der Waals surface area contributed by atoms with Crippen molar-refractivity contribution in [3.8, 4) is 18.1 Å². The predicted molar refractivity (Wildman–Crippen MR) is 123 cm³/mol. The number of Topliss-reactive ketones (excluding diaryl/α,β-unsaturated/α-hetero) is 3. The van der Waals surface area contributed by atoms with Crippen LogP contribution in [0.4, 0.5) is 0 Å². The number of hydrogen-bond acceptors (Lipinski definition) is 7. The largest absolute Gasteiger partial charge is 0.511 e. The Labute approximate surface area is 197 Å². The molecular formula is C27H28O7. The summed E-state index contributed by atoms with van der Waals surface area (Å²) in [4.78, 5) is 39.6. The number of benzene rings is 1. The minimum absolute atomic E-state index is 0.0323. The number of terminal acetylenes is 1. The Hall–Kier alpha value is -3.37. The number of fused-ring (bicyclic) bond motifs is 3. The first-order chi connectivity index (χ1) is 15.7. The highest BCUT2D eigenvalue weighted by molar-refractivity contribution is 6.25. The molecule has 4 N–H and O–H groups in total. The number of allylic oxidation sites excluding steroid dienone is 2. The number of aromatic hydroxyl groups is 1. The van der Waals surface area contributed by atoms with Crippen LogP contribution in [0.5, 0.6) is 5.75 Å². The summed E-state index contributed by atoms with van der Waals surface area (Å²) >= 11 is 0. The summed E-state index contributed by atoms with van der Waals surface area (Å²) in [5.74, 6) is -2.84. The lowest BCUT2D eigenvalue weighted by atomic mass is 9.44. The lowest BCUT2D eigenvalue weighted by Crippen LogP contribution is -2.67. The Kier molecular flexibility index (Phi) is 4.94. The molecule has 178 valence electrons. The highest BCUT2D eigenvalue weighted by Gasteiger charge is 2.71. The van der Waals surface area contributed by atoms with E-state index in [9.17, 15) is 34.8 Å². The number of aliphatic hydroxyl groups is 3. The molecule has 34 heavy (non-hydrogen) atoms. The van der Waals surface area contributed by atoms with E-state index in [-0.39, 0.29) is 35.6 Å². The van der Waals surface area contributed by atoms with Gasteiger partial charge >= 0.3 is 0 Å². The van der Waals surface area contributed by atoms with Crippen molar-refractivity contribution in [3.63, 3.8) is 0 Å². The average Bonchev–Trinajstić information content (AvgIpc) is 2.70. The standard InChI is InChI=1S/C27H28O7/c1-7-14-8-9-16(29)18-15(14)10-25(5)11-26(6)19(12(2)3)21(30)17(13(4)28)23(32)27(26,34)24(33)20(25)22(18)31/h1,8-9,12,19,29-30,33-34H,10-11H2,2-6H3/t19?,25-,26-,27+/m1/s1. The van der Waals surface area contributed by atoms with E-state index >= 15 is 0 Å². The smallest absolute Gasteiger partial charge is 0.209 e. The molecule has 1 aromatic rings. The van der Waals surface area contributed by atoms with Crippen molar-refractivity contribution in [1.29, 1.82) is 0 Å². The summed E-state index contributed by atoms with van der Waals surface area (Å²) in [7, 11) is 0. The molecule has 0 saturated heterocycles. The average molecular weight is 465 g/mol. The predicted octanol–water partition coefficient (Wildman–Crippen LogP) is 3.33. The molecule has 0 spiro atoms. The number of carbonyl (C=O) groups is 3. The van der Waals surface area contributed by atoms with E-state index in [4.69, 9.17) is 6.42 Å². The minimum Gasteiger partial charge on any atom is -0.511 e. The van der Waals surface area contributed by atoms with Gasteiger partial charge in [0.25, 0.3) is 0 Å². The number of hydrogen-bond donors (Lipinski definition) is 4. The number of phenols is 1. The maximum atomic E-state index is 13.7. The number of phenolic OH excluding ortho intramolecular Hbond substituents is 1. The van der Waals surface area contributed by atoms with Crippen molar-refractivity contribution in [2.45, 2.75) is 53.1 Å². The van der Waals surface area contributed by atoms with Gasteiger partial charge in [0.05, 0.1) is 5.56 Å². The molecule has 0 amide bonds. The lowest BCUT2D eigenvalue weighted by Gasteiger charge is -2.59. The van der Waals surface area contributed by atoms with E-state index in [0.29, 0.717) is 11.1 Å². The minimum atomic E-state index is -2.61. The van der Waals surface area contributed by atoms with E-state index < -0.39 is 56.8 Å². The molecule has 0 aromatic heterocycles. The van der Waals surface area contributed by atoms with E-state index in [1.807, 2.05) is 0 Å². The quantitative estimate of drug-likeness (QED) is 0.390. The van der Waals surface area contributed by atoms with E-state index in [0.717, 1.165) is 6.92 Å². The summed E-state index contributed by atoms with van der Waals surface area (Å²) in [6, 6.07) is 2.83. The molecule has 3 aliphatic carbocycles. The van der Waals surface area contributed by atoms with Gasteiger partial charge < -0.3 is 20.4 Å². The first-order valence-corrected chi connectivity index (χ1v) is 11.2. The molecule has 0 bridgehead atoms. The molecule has 1 unspecified atom stereocenters. The Morgan fingerprint density at radius 2 is 1.79 bits per heavy atom. The van der Waals surface area contributed by atoms with Crippen LogP contribution in [-0.4, -0.2) is 43.4 Å². The Balaban J connectivity index is 2.10. The van der Waals surface area contributed by atoms with Gasteiger partial charge in [-0.25, -0.2) is 0 Å². The summed E-state index contributed by atoms with van der Waals surface area (Å²) in [5, 5.41) is 45.0. The van der Waals surface area contributed by atoms with Crippen molar-refractivity contribution in [3.05, 3.63) is 51.5 Å². The first kappa shape index (κ1) is 23.8. The van der Waals surface area contributed by atoms with Crippen molar-refractivity contribution in [2.75, 3.05) is 0 Å². The van der Waals surface area contributed by atoms with Gasteiger partial charge in [0.2, 0.25) is 5.78 Å². The number of ketones is 3. The van der Waals surface area contributed by atoms with Crippen molar-refractivity contribution >= 4 is 17.3 Å². The molecular weight excluding hydrogens is 436 g/mol. The third kappa shape index (κ3) is 2.60. The Bertz CT molecular complexity index is 1290. The van der Waals surface area contributed by atoms with Crippen LogP contribution in [0.1, 0.15) is 62.5 Å². The Morgan fingerprint density at radius 3 is 2.32 bits per heavy atom. The highest BCUT2D eigenvalue weighted by atomic mass is 16.3. The molecule has 4 atom stereocenters. The Morgan fingerprint density at radius 1 is 1.18 bits per heavy atom. The fraction of sp³-hybridized carbons (Fsp3) is 0.444. The van der Waals surface area contributed by atoms with Crippen LogP contribution in [0.25, 0.3) is 0 Å². The zero-order valence-electron chi connectivity index (χ0n) is 19.8. The van der Waals surface area contributed by atoms with Gasteiger partial charge in [0, 0.05) is 27.9 Å². The highest BCUT2D eigenvalue weighted by Crippen LogP contribution is 2.65. The van der Waals surface area contributed by atoms with Gasteiger partial charge in [-0.2, -0.15) is 0 Å². The fourth-order valence-electron chi connectivity index (χ4n) is 6.87. The van der Waals surface area contributed by atoms with Crippen LogP contribution in [0.15, 0.2) is 34.8 Å². The van der Waals surface area contributed by atoms with E-state index in [1.54, 1.807) is 27.7 Å². The second-order valence-electron chi connectivity index (χ2n) is 10.6. The molecule has 0 radical (unpaired) electrons. The van der Waals surface area contributed by atoms with Gasteiger partial charge in [-0.15, -0.1) is 6.42 Å². The normalized spacial score (nSPS) is 32.8. The molecule has 1 aromatic carbocycles. The van der Waals surface area contributed by atoms with Gasteiger partial charge in [-0.1, -0.05) is 33.6 Å². The van der Waals surface area contributed by atoms with Crippen LogP contribution in [0.2, 0.25) is 0 Å². The first-order valence-electron chi connectivity index (χ1n) is 11.2. The van der Waals surface area contributed by atoms with Gasteiger partial charge in [0.15, 0.2) is 17.2 Å².